The molecule has 15 heavy (non-hydrogen) atoms. The third kappa shape index (κ3) is 6.16. The molecule has 0 fully saturated rings. The number of unbranched alkanes of at least 4 members (excludes halogenated alkanes) is 2. The van der Waals surface area contributed by atoms with E-state index in [1.54, 1.807) is 0 Å². The van der Waals surface area contributed by atoms with E-state index in [9.17, 15) is 10.2 Å². The zero-order valence-corrected chi connectivity index (χ0v) is 10.6. The van der Waals surface area contributed by atoms with E-state index >= 15 is 0 Å². The molecule has 2 nitrogen and oxygen atoms in total. The maximum atomic E-state index is 9.96. The molecule has 0 saturated carbocycles. The molecule has 0 rings (SSSR count). The Morgan fingerprint density at radius 1 is 0.867 bits per heavy atom. The zero-order chi connectivity index (χ0) is 11.7. The van der Waals surface area contributed by atoms with Gasteiger partial charge >= 0.3 is 0 Å². The van der Waals surface area contributed by atoms with E-state index in [0.29, 0.717) is 6.42 Å². The fraction of sp³-hybridized carbons (Fsp3) is 1.00. The Labute approximate surface area is 94.7 Å². The molecule has 0 bridgehead atoms. The van der Waals surface area contributed by atoms with Gasteiger partial charge in [-0.1, -0.05) is 52.9 Å². The van der Waals surface area contributed by atoms with E-state index in [0.717, 1.165) is 32.1 Å². The minimum atomic E-state index is -1.43. The largest absolute Gasteiger partial charge is 0.365 e. The lowest BCUT2D eigenvalue weighted by molar-refractivity contribution is -0.208. The first kappa shape index (κ1) is 14.9. The van der Waals surface area contributed by atoms with Gasteiger partial charge in [-0.2, -0.15) is 0 Å². The summed E-state index contributed by atoms with van der Waals surface area (Å²) in [6.07, 6.45) is 7.76. The van der Waals surface area contributed by atoms with Crippen LogP contribution in [0.4, 0.5) is 0 Å². The molecule has 0 amide bonds. The Balaban J connectivity index is 4.10. The second kappa shape index (κ2) is 8.12. The summed E-state index contributed by atoms with van der Waals surface area (Å²) in [6.45, 7) is 6.27. The highest BCUT2D eigenvalue weighted by atomic mass is 16.5. The van der Waals surface area contributed by atoms with Crippen molar-refractivity contribution in [3.63, 3.8) is 0 Å². The van der Waals surface area contributed by atoms with Crippen LogP contribution >= 0.6 is 0 Å². The van der Waals surface area contributed by atoms with Gasteiger partial charge in [0.2, 0.25) is 0 Å². The minimum Gasteiger partial charge on any atom is -0.365 e. The molecule has 92 valence electrons. The Bertz CT molecular complexity index is 143. The molecule has 0 aliphatic carbocycles. The van der Waals surface area contributed by atoms with Gasteiger partial charge in [-0.05, 0) is 12.8 Å². The lowest BCUT2D eigenvalue weighted by Gasteiger charge is -2.31. The van der Waals surface area contributed by atoms with Crippen molar-refractivity contribution in [2.75, 3.05) is 0 Å². The van der Waals surface area contributed by atoms with Crippen molar-refractivity contribution < 1.29 is 10.2 Å². The van der Waals surface area contributed by atoms with E-state index in [1.807, 2.05) is 6.92 Å². The first-order valence-electron chi connectivity index (χ1n) is 6.53. The summed E-state index contributed by atoms with van der Waals surface area (Å²) in [6, 6.07) is 0. The summed E-state index contributed by atoms with van der Waals surface area (Å²) >= 11 is 0. The van der Waals surface area contributed by atoms with Gasteiger partial charge in [0.1, 0.15) is 0 Å². The average Bonchev–Trinajstić information content (AvgIpc) is 2.16. The van der Waals surface area contributed by atoms with Crippen LogP contribution in [0.2, 0.25) is 0 Å². The fourth-order valence-corrected chi connectivity index (χ4v) is 2.17. The highest BCUT2D eigenvalue weighted by Crippen LogP contribution is 2.29. The standard InChI is InChI=1S/C13H28O2/c1-4-7-8-10-12(9-5-2)13(14,15)11-6-3/h12,14-15H,4-11H2,1-3H3. The molecule has 0 aromatic heterocycles. The van der Waals surface area contributed by atoms with E-state index in [2.05, 4.69) is 13.8 Å². The van der Waals surface area contributed by atoms with Crippen molar-refractivity contribution in [3.05, 3.63) is 0 Å². The summed E-state index contributed by atoms with van der Waals surface area (Å²) in [5.74, 6) is -1.37. The van der Waals surface area contributed by atoms with Gasteiger partial charge in [0, 0.05) is 12.3 Å². The summed E-state index contributed by atoms with van der Waals surface area (Å²) in [5.41, 5.74) is 0. The van der Waals surface area contributed by atoms with E-state index in [-0.39, 0.29) is 5.92 Å². The topological polar surface area (TPSA) is 40.5 Å². The molecule has 0 aromatic carbocycles. The van der Waals surface area contributed by atoms with Crippen molar-refractivity contribution in [2.24, 2.45) is 5.92 Å². The van der Waals surface area contributed by atoms with E-state index in [4.69, 9.17) is 0 Å². The molecule has 2 N–H and O–H groups in total. The SMILES string of the molecule is CCCCCC(CCC)C(O)(O)CCC. The lowest BCUT2D eigenvalue weighted by Crippen LogP contribution is -2.37. The van der Waals surface area contributed by atoms with Crippen LogP contribution in [0.1, 0.15) is 72.1 Å². The average molecular weight is 216 g/mol. The third-order valence-corrected chi connectivity index (χ3v) is 3.07. The van der Waals surface area contributed by atoms with Crippen molar-refractivity contribution in [1.29, 1.82) is 0 Å². The number of hydrogen-bond acceptors (Lipinski definition) is 2. The maximum absolute atomic E-state index is 9.96. The number of rotatable bonds is 9. The highest BCUT2D eigenvalue weighted by Gasteiger charge is 2.31. The van der Waals surface area contributed by atoms with Gasteiger partial charge in [0.05, 0.1) is 0 Å². The van der Waals surface area contributed by atoms with E-state index in [1.165, 1.54) is 12.8 Å². The highest BCUT2D eigenvalue weighted by molar-refractivity contribution is 4.75. The fourth-order valence-electron chi connectivity index (χ4n) is 2.17. The Morgan fingerprint density at radius 3 is 2.00 bits per heavy atom. The minimum absolute atomic E-state index is 0.0639. The van der Waals surface area contributed by atoms with Gasteiger partial charge in [-0.15, -0.1) is 0 Å². The Hall–Kier alpha value is -0.0800. The number of hydrogen-bond donors (Lipinski definition) is 2. The molecule has 0 radical (unpaired) electrons. The molecule has 0 aliphatic heterocycles. The normalized spacial score (nSPS) is 14.2. The number of aliphatic hydroxyl groups is 2. The summed E-state index contributed by atoms with van der Waals surface area (Å²) < 4.78 is 0. The van der Waals surface area contributed by atoms with Crippen molar-refractivity contribution in [1.82, 2.24) is 0 Å². The van der Waals surface area contributed by atoms with Crippen LogP contribution in [0.3, 0.4) is 0 Å². The van der Waals surface area contributed by atoms with Crippen LogP contribution < -0.4 is 0 Å². The van der Waals surface area contributed by atoms with Gasteiger partial charge in [0.15, 0.2) is 5.79 Å². The van der Waals surface area contributed by atoms with Crippen LogP contribution in [-0.2, 0) is 0 Å². The molecule has 2 heteroatoms. The molecule has 1 atom stereocenters. The Morgan fingerprint density at radius 2 is 1.53 bits per heavy atom. The summed E-state index contributed by atoms with van der Waals surface area (Å²) in [7, 11) is 0. The van der Waals surface area contributed by atoms with Crippen molar-refractivity contribution >= 4 is 0 Å². The molecule has 1 unspecified atom stereocenters. The molecule has 0 spiro atoms. The smallest absolute Gasteiger partial charge is 0.165 e. The van der Waals surface area contributed by atoms with Crippen LogP contribution in [-0.4, -0.2) is 16.0 Å². The van der Waals surface area contributed by atoms with Gasteiger partial charge in [-0.3, -0.25) is 0 Å². The van der Waals surface area contributed by atoms with Crippen LogP contribution in [0.5, 0.6) is 0 Å². The van der Waals surface area contributed by atoms with Crippen molar-refractivity contribution in [3.8, 4) is 0 Å². The molecular formula is C13H28O2. The summed E-state index contributed by atoms with van der Waals surface area (Å²) in [5, 5.41) is 19.9. The zero-order valence-electron chi connectivity index (χ0n) is 10.6. The second-order valence-corrected chi connectivity index (χ2v) is 4.61. The van der Waals surface area contributed by atoms with Gasteiger partial charge in [0.25, 0.3) is 0 Å². The van der Waals surface area contributed by atoms with Gasteiger partial charge < -0.3 is 10.2 Å². The second-order valence-electron chi connectivity index (χ2n) is 4.61. The summed E-state index contributed by atoms with van der Waals surface area (Å²) in [4.78, 5) is 0. The first-order chi connectivity index (χ1) is 7.08. The molecule has 0 aromatic rings. The van der Waals surface area contributed by atoms with Gasteiger partial charge in [-0.25, -0.2) is 0 Å². The van der Waals surface area contributed by atoms with Crippen LogP contribution in [0.15, 0.2) is 0 Å². The third-order valence-electron chi connectivity index (χ3n) is 3.07. The molecular weight excluding hydrogens is 188 g/mol. The first-order valence-corrected chi connectivity index (χ1v) is 6.53. The predicted octanol–water partition coefficient (Wildman–Crippen LogP) is 3.46. The maximum Gasteiger partial charge on any atom is 0.165 e. The monoisotopic (exact) mass is 216 g/mol. The quantitative estimate of drug-likeness (QED) is 0.458. The van der Waals surface area contributed by atoms with E-state index < -0.39 is 5.79 Å². The van der Waals surface area contributed by atoms with Crippen molar-refractivity contribution in [2.45, 2.75) is 77.9 Å². The lowest BCUT2D eigenvalue weighted by atomic mass is 9.86. The van der Waals surface area contributed by atoms with Crippen LogP contribution in [0, 0.1) is 5.92 Å². The molecule has 0 aliphatic rings. The Kier molecular flexibility index (Phi) is 8.07. The molecule has 0 heterocycles. The van der Waals surface area contributed by atoms with Crippen LogP contribution in [0.25, 0.3) is 0 Å². The predicted molar refractivity (Wildman–Crippen MR) is 64.6 cm³/mol. The molecule has 0 saturated heterocycles.